The van der Waals surface area contributed by atoms with Gasteiger partial charge in [0.05, 0.1) is 41.2 Å². The van der Waals surface area contributed by atoms with E-state index in [1.54, 1.807) is 22.8 Å². The number of nitriles is 1. The van der Waals surface area contributed by atoms with E-state index in [4.69, 9.17) is 0 Å². The number of nitrogens with one attached hydrogen (secondary N) is 1. The van der Waals surface area contributed by atoms with E-state index in [9.17, 15) is 24.3 Å². The lowest BCUT2D eigenvalue weighted by Gasteiger charge is -2.18. The molecule has 186 valence electrons. The summed E-state index contributed by atoms with van der Waals surface area (Å²) in [6.45, 7) is 6.00. The van der Waals surface area contributed by atoms with Crippen molar-refractivity contribution in [2.24, 2.45) is 0 Å². The number of carboxylic acid groups (broad SMARTS) is 1. The third-order valence-electron chi connectivity index (χ3n) is 7.14. The van der Waals surface area contributed by atoms with Gasteiger partial charge in [-0.15, -0.1) is 0 Å². The van der Waals surface area contributed by atoms with Gasteiger partial charge in [-0.1, -0.05) is 12.1 Å². The Hall–Kier alpha value is -4.64. The molecule has 37 heavy (non-hydrogen) atoms. The standard InChI is InChI=1S/C29H25FN4O3/c1-16-10-22-23(15-32-24(22)11-17(16)2)18(3)33-25-9-4-19(14-31)12-27(25)34(29(33)37)26(13-28(35)36)20-5-7-21(30)8-6-20/h4-12,15,18,26,32H,13H2,1-3H3,(H,35,36). The van der Waals surface area contributed by atoms with Crippen molar-refractivity contribution in [1.29, 1.82) is 5.26 Å². The summed E-state index contributed by atoms with van der Waals surface area (Å²) in [6, 6.07) is 15.4. The van der Waals surface area contributed by atoms with Gasteiger partial charge in [0.25, 0.3) is 0 Å². The van der Waals surface area contributed by atoms with Gasteiger partial charge >= 0.3 is 11.7 Å². The quantitative estimate of drug-likeness (QED) is 0.320. The molecule has 2 heterocycles. The van der Waals surface area contributed by atoms with Gasteiger partial charge < -0.3 is 10.1 Å². The highest BCUT2D eigenvalue weighted by molar-refractivity contribution is 5.86. The molecule has 5 rings (SSSR count). The number of rotatable bonds is 6. The van der Waals surface area contributed by atoms with Crippen molar-refractivity contribution < 1.29 is 14.3 Å². The molecule has 0 saturated heterocycles. The van der Waals surface area contributed by atoms with Crippen molar-refractivity contribution >= 4 is 27.9 Å². The van der Waals surface area contributed by atoms with Crippen LogP contribution in [0.25, 0.3) is 21.9 Å². The predicted octanol–water partition coefficient (Wildman–Crippen LogP) is 5.59. The summed E-state index contributed by atoms with van der Waals surface area (Å²) in [6.07, 6.45) is 1.50. The smallest absolute Gasteiger partial charge is 0.330 e. The zero-order chi connectivity index (χ0) is 26.4. The van der Waals surface area contributed by atoms with E-state index in [1.165, 1.54) is 28.8 Å². The normalized spacial score (nSPS) is 13.1. The molecule has 0 aliphatic heterocycles. The number of halogens is 1. The number of aryl methyl sites for hydroxylation is 2. The van der Waals surface area contributed by atoms with Crippen LogP contribution in [0.2, 0.25) is 0 Å². The van der Waals surface area contributed by atoms with Crippen LogP contribution in [0.4, 0.5) is 4.39 Å². The van der Waals surface area contributed by atoms with Crippen LogP contribution in [0.5, 0.6) is 0 Å². The van der Waals surface area contributed by atoms with Crippen molar-refractivity contribution in [2.45, 2.75) is 39.3 Å². The molecule has 0 fully saturated rings. The molecule has 0 radical (unpaired) electrons. The number of hydrogen-bond donors (Lipinski definition) is 2. The average molecular weight is 497 g/mol. The highest BCUT2D eigenvalue weighted by atomic mass is 19.1. The molecular weight excluding hydrogens is 471 g/mol. The second kappa shape index (κ2) is 9.10. The van der Waals surface area contributed by atoms with Gasteiger partial charge in [-0.2, -0.15) is 5.26 Å². The molecule has 0 aliphatic rings. The number of carbonyl (C=O) groups is 1. The first-order valence-corrected chi connectivity index (χ1v) is 11.9. The maximum absolute atomic E-state index is 14.1. The number of H-pyrrole nitrogens is 1. The van der Waals surface area contributed by atoms with Gasteiger partial charge in [0, 0.05) is 22.7 Å². The van der Waals surface area contributed by atoms with E-state index >= 15 is 0 Å². The highest BCUT2D eigenvalue weighted by Crippen LogP contribution is 2.33. The number of hydrogen-bond acceptors (Lipinski definition) is 3. The second-order valence-electron chi connectivity index (χ2n) is 9.41. The zero-order valence-electron chi connectivity index (χ0n) is 20.6. The number of carboxylic acids is 1. The summed E-state index contributed by atoms with van der Waals surface area (Å²) in [7, 11) is 0. The third-order valence-corrected chi connectivity index (χ3v) is 7.14. The van der Waals surface area contributed by atoms with Gasteiger partial charge in [0.2, 0.25) is 0 Å². The van der Waals surface area contributed by atoms with Gasteiger partial charge in [-0.25, -0.2) is 9.18 Å². The van der Waals surface area contributed by atoms with Crippen LogP contribution in [0.1, 0.15) is 53.2 Å². The first-order valence-electron chi connectivity index (χ1n) is 11.9. The van der Waals surface area contributed by atoms with Crippen LogP contribution < -0.4 is 5.69 Å². The molecule has 2 N–H and O–H groups in total. The van der Waals surface area contributed by atoms with Crippen molar-refractivity contribution in [2.75, 3.05) is 0 Å². The fourth-order valence-corrected chi connectivity index (χ4v) is 5.09. The predicted molar refractivity (Wildman–Crippen MR) is 139 cm³/mol. The van der Waals surface area contributed by atoms with Gasteiger partial charge in [0.15, 0.2) is 0 Å². The summed E-state index contributed by atoms with van der Waals surface area (Å²) >= 11 is 0. The number of aromatic amines is 1. The molecule has 0 bridgehead atoms. The first kappa shape index (κ1) is 24.1. The second-order valence-corrected chi connectivity index (χ2v) is 9.41. The average Bonchev–Trinajstić information content (AvgIpc) is 3.40. The Balaban J connectivity index is 1.78. The van der Waals surface area contributed by atoms with E-state index in [0.29, 0.717) is 22.2 Å². The third kappa shape index (κ3) is 4.08. The number of fused-ring (bicyclic) bond motifs is 2. The number of aliphatic carboxylic acids is 1. The molecule has 2 atom stereocenters. The van der Waals surface area contributed by atoms with Crippen molar-refractivity contribution in [1.82, 2.24) is 14.1 Å². The molecule has 0 amide bonds. The van der Waals surface area contributed by atoms with Crippen molar-refractivity contribution in [3.63, 3.8) is 0 Å². The van der Waals surface area contributed by atoms with E-state index in [0.717, 1.165) is 27.6 Å². The topological polar surface area (TPSA) is 104 Å². The number of aromatic nitrogens is 3. The monoisotopic (exact) mass is 496 g/mol. The molecule has 2 aromatic heterocycles. The van der Waals surface area contributed by atoms with E-state index < -0.39 is 29.6 Å². The van der Waals surface area contributed by atoms with Gasteiger partial charge in [-0.05, 0) is 79.9 Å². The largest absolute Gasteiger partial charge is 0.481 e. The van der Waals surface area contributed by atoms with E-state index in [1.807, 2.05) is 27.0 Å². The number of imidazole rings is 1. The van der Waals surface area contributed by atoms with Gasteiger partial charge in [-0.3, -0.25) is 13.9 Å². The van der Waals surface area contributed by atoms with Crippen LogP contribution in [0.15, 0.2) is 65.6 Å². The maximum Gasteiger partial charge on any atom is 0.330 e. The SMILES string of the molecule is Cc1cc2[nH]cc(C(C)n3c(=O)n(C(CC(=O)O)c4ccc(F)cc4)c4cc(C#N)ccc43)c2cc1C. The summed E-state index contributed by atoms with van der Waals surface area (Å²) in [5.41, 5.74) is 5.60. The lowest BCUT2D eigenvalue weighted by Crippen LogP contribution is -2.31. The fraction of sp³-hybridized carbons (Fsp3) is 0.207. The van der Waals surface area contributed by atoms with Crippen LogP contribution in [0, 0.1) is 31.0 Å². The summed E-state index contributed by atoms with van der Waals surface area (Å²) < 4.78 is 16.7. The molecular formula is C29H25FN4O3. The molecule has 0 spiro atoms. The van der Waals surface area contributed by atoms with E-state index in [2.05, 4.69) is 23.2 Å². The maximum atomic E-state index is 14.1. The number of nitrogens with zero attached hydrogens (tertiary/aromatic N) is 3. The Kier molecular flexibility index (Phi) is 5.92. The molecule has 0 saturated carbocycles. The minimum absolute atomic E-state index is 0.345. The Morgan fingerprint density at radius 2 is 1.76 bits per heavy atom. The Labute approximate surface area is 212 Å². The zero-order valence-corrected chi connectivity index (χ0v) is 20.6. The molecule has 2 unspecified atom stereocenters. The molecule has 7 nitrogen and oxygen atoms in total. The molecule has 0 aliphatic carbocycles. The Morgan fingerprint density at radius 1 is 1.05 bits per heavy atom. The Bertz CT molecular complexity index is 1770. The number of benzene rings is 3. The van der Waals surface area contributed by atoms with Crippen LogP contribution >= 0.6 is 0 Å². The van der Waals surface area contributed by atoms with Crippen LogP contribution in [0.3, 0.4) is 0 Å². The van der Waals surface area contributed by atoms with Gasteiger partial charge in [0.1, 0.15) is 5.82 Å². The minimum Gasteiger partial charge on any atom is -0.481 e. The first-order chi connectivity index (χ1) is 17.7. The van der Waals surface area contributed by atoms with Crippen molar-refractivity contribution in [3.05, 3.63) is 105 Å². The van der Waals surface area contributed by atoms with Crippen LogP contribution in [-0.2, 0) is 4.79 Å². The minimum atomic E-state index is -1.10. The molecule has 5 aromatic rings. The lowest BCUT2D eigenvalue weighted by atomic mass is 10.0. The highest BCUT2D eigenvalue weighted by Gasteiger charge is 2.27. The molecule has 3 aromatic carbocycles. The summed E-state index contributed by atoms with van der Waals surface area (Å²) in [4.78, 5) is 29.3. The Morgan fingerprint density at radius 3 is 2.43 bits per heavy atom. The van der Waals surface area contributed by atoms with Crippen molar-refractivity contribution in [3.8, 4) is 6.07 Å². The molecule has 8 heteroatoms. The summed E-state index contributed by atoms with van der Waals surface area (Å²) in [5.74, 6) is -1.56. The van der Waals surface area contributed by atoms with E-state index in [-0.39, 0.29) is 6.42 Å². The summed E-state index contributed by atoms with van der Waals surface area (Å²) in [5, 5.41) is 20.2. The fourth-order valence-electron chi connectivity index (χ4n) is 5.09. The van der Waals surface area contributed by atoms with Crippen LogP contribution in [-0.4, -0.2) is 25.2 Å². The lowest BCUT2D eigenvalue weighted by molar-refractivity contribution is -0.137.